The summed E-state index contributed by atoms with van der Waals surface area (Å²) < 4.78 is 8.72. The fraction of sp³-hybridized carbons (Fsp3) is 0.700. The number of nitrogens with zero attached hydrogens (tertiary/aromatic N) is 1. The van der Waals surface area contributed by atoms with Crippen LogP contribution < -0.4 is 4.57 Å². The van der Waals surface area contributed by atoms with Crippen molar-refractivity contribution in [2.75, 3.05) is 6.61 Å². The van der Waals surface area contributed by atoms with Gasteiger partial charge in [0.05, 0.1) is 12.2 Å². The Bertz CT molecular complexity index is 707. The van der Waals surface area contributed by atoms with Gasteiger partial charge in [0.25, 0.3) is 0 Å². The van der Waals surface area contributed by atoms with Crippen LogP contribution in [0.4, 0.5) is 0 Å². The number of hydrogen-bond acceptors (Lipinski definition) is 1. The lowest BCUT2D eigenvalue weighted by atomic mass is 9.87. The van der Waals surface area contributed by atoms with Crippen LogP contribution in [0.5, 0.6) is 0 Å². The molecule has 0 fully saturated rings. The zero-order valence-corrected chi connectivity index (χ0v) is 23.7. The number of hydrogen-bond donors (Lipinski definition) is 0. The predicted octanol–water partition coefficient (Wildman–Crippen LogP) is 8.55. The van der Waals surface area contributed by atoms with Gasteiger partial charge in [-0.3, -0.25) is 0 Å². The molecule has 0 saturated heterocycles. The van der Waals surface area contributed by atoms with Crippen LogP contribution in [0, 0.1) is 5.41 Å². The minimum Gasteiger partial charge on any atom is -0.371 e. The smallest absolute Gasteiger partial charge is 0.169 e. The summed E-state index contributed by atoms with van der Waals surface area (Å²) in [6.45, 7) is 29.3. The number of rotatable bonds is 9. The van der Waals surface area contributed by atoms with Crippen LogP contribution in [-0.4, -0.2) is 12.2 Å². The van der Waals surface area contributed by atoms with E-state index in [0.29, 0.717) is 0 Å². The topological polar surface area (TPSA) is 13.1 Å². The van der Waals surface area contributed by atoms with Crippen molar-refractivity contribution in [1.82, 2.24) is 0 Å². The van der Waals surface area contributed by atoms with Gasteiger partial charge in [-0.2, -0.15) is 0 Å². The molecule has 0 radical (unpaired) electrons. The summed E-state index contributed by atoms with van der Waals surface area (Å²) in [7, 11) is 0. The zero-order valence-electron chi connectivity index (χ0n) is 23.7. The Hall–Kier alpha value is -1.41. The van der Waals surface area contributed by atoms with E-state index < -0.39 is 0 Å². The first-order chi connectivity index (χ1) is 14.6. The highest BCUT2D eigenvalue weighted by molar-refractivity contribution is 5.17. The second kappa shape index (κ2) is 12.7. The van der Waals surface area contributed by atoms with Crippen molar-refractivity contribution in [3.63, 3.8) is 0 Å². The maximum absolute atomic E-state index is 6.41. The van der Waals surface area contributed by atoms with Gasteiger partial charge in [-0.05, 0) is 55.6 Å². The molecular formula is C30H54NO+. The largest absolute Gasteiger partial charge is 0.371 e. The van der Waals surface area contributed by atoms with E-state index >= 15 is 0 Å². The average Bonchev–Trinajstić information content (AvgIpc) is 2.67. The quantitative estimate of drug-likeness (QED) is 0.275. The molecule has 0 atom stereocenters. The second-order valence-corrected chi connectivity index (χ2v) is 11.8. The normalized spacial score (nSPS) is 13.8. The molecule has 2 heteroatoms. The molecule has 0 amide bonds. The molecule has 0 aliphatic carbocycles. The first kappa shape index (κ1) is 30.6. The van der Waals surface area contributed by atoms with Crippen LogP contribution in [0.2, 0.25) is 0 Å². The van der Waals surface area contributed by atoms with Gasteiger partial charge in [-0.1, -0.05) is 73.6 Å². The van der Waals surface area contributed by atoms with Gasteiger partial charge in [-0.25, -0.2) is 4.57 Å². The van der Waals surface area contributed by atoms with E-state index in [2.05, 4.69) is 123 Å². The summed E-state index contributed by atoms with van der Waals surface area (Å²) in [5.74, 6) is 0. The number of allylic oxidation sites excluding steroid dienone is 3. The van der Waals surface area contributed by atoms with Gasteiger partial charge in [0.2, 0.25) is 0 Å². The van der Waals surface area contributed by atoms with E-state index in [4.69, 9.17) is 4.74 Å². The molecule has 2 nitrogen and oxygen atoms in total. The fourth-order valence-electron chi connectivity index (χ4n) is 3.58. The third kappa shape index (κ3) is 10.9. The van der Waals surface area contributed by atoms with Crippen molar-refractivity contribution in [2.45, 2.75) is 126 Å². The van der Waals surface area contributed by atoms with Crippen molar-refractivity contribution in [2.24, 2.45) is 5.41 Å². The molecule has 0 unspecified atom stereocenters. The Morgan fingerprint density at radius 3 is 1.88 bits per heavy atom. The van der Waals surface area contributed by atoms with E-state index in [9.17, 15) is 0 Å². The summed E-state index contributed by atoms with van der Waals surface area (Å²) >= 11 is 0. The van der Waals surface area contributed by atoms with E-state index in [1.54, 1.807) is 0 Å². The van der Waals surface area contributed by atoms with Crippen LogP contribution in [0.25, 0.3) is 0 Å². The SMILES string of the molecule is C/C=C(\CC/C=C/C(C)(C)C)C(C)(C)OCCC(C)(C)[n+]1ccc(C(C)(C)C)cc1.CC. The monoisotopic (exact) mass is 444 g/mol. The van der Waals surface area contributed by atoms with Crippen LogP contribution in [0.3, 0.4) is 0 Å². The molecular weight excluding hydrogens is 390 g/mol. The molecule has 0 spiro atoms. The first-order valence-electron chi connectivity index (χ1n) is 12.6. The Kier molecular flexibility index (Phi) is 12.2. The lowest BCUT2D eigenvalue weighted by Gasteiger charge is -2.30. The van der Waals surface area contributed by atoms with E-state index in [1.165, 1.54) is 11.1 Å². The van der Waals surface area contributed by atoms with Gasteiger partial charge >= 0.3 is 0 Å². The highest BCUT2D eigenvalue weighted by Crippen LogP contribution is 2.27. The van der Waals surface area contributed by atoms with Crippen LogP contribution >= 0.6 is 0 Å². The Morgan fingerprint density at radius 2 is 1.44 bits per heavy atom. The van der Waals surface area contributed by atoms with Gasteiger partial charge in [0, 0.05) is 32.4 Å². The molecule has 0 N–H and O–H groups in total. The van der Waals surface area contributed by atoms with Crippen molar-refractivity contribution in [1.29, 1.82) is 0 Å². The Morgan fingerprint density at radius 1 is 0.906 bits per heavy atom. The third-order valence-corrected chi connectivity index (χ3v) is 5.89. The maximum Gasteiger partial charge on any atom is 0.169 e. The first-order valence-corrected chi connectivity index (χ1v) is 12.6. The maximum atomic E-state index is 6.41. The fourth-order valence-corrected chi connectivity index (χ4v) is 3.58. The zero-order chi connectivity index (χ0) is 25.2. The highest BCUT2D eigenvalue weighted by atomic mass is 16.5. The lowest BCUT2D eigenvalue weighted by molar-refractivity contribution is -0.759. The molecule has 0 aromatic carbocycles. The van der Waals surface area contributed by atoms with Gasteiger partial charge < -0.3 is 4.74 Å². The van der Waals surface area contributed by atoms with Gasteiger partial charge in [-0.15, -0.1) is 0 Å². The van der Waals surface area contributed by atoms with E-state index in [1.807, 2.05) is 13.8 Å². The molecule has 0 aliphatic rings. The van der Waals surface area contributed by atoms with Crippen molar-refractivity contribution in [3.8, 4) is 0 Å². The van der Waals surface area contributed by atoms with E-state index in [0.717, 1.165) is 25.9 Å². The summed E-state index contributed by atoms with van der Waals surface area (Å²) in [5.41, 5.74) is 2.95. The molecule has 1 aromatic rings. The third-order valence-electron chi connectivity index (χ3n) is 5.89. The summed E-state index contributed by atoms with van der Waals surface area (Å²) in [5, 5.41) is 0. The molecule has 1 rings (SSSR count). The molecule has 32 heavy (non-hydrogen) atoms. The Balaban J connectivity index is 0.00000466. The number of pyridine rings is 1. The van der Waals surface area contributed by atoms with Crippen LogP contribution in [-0.2, 0) is 15.7 Å². The van der Waals surface area contributed by atoms with Crippen LogP contribution in [0.1, 0.15) is 115 Å². The minimum absolute atomic E-state index is 0.0119. The molecule has 0 bridgehead atoms. The molecule has 1 heterocycles. The van der Waals surface area contributed by atoms with Crippen molar-refractivity contribution in [3.05, 3.63) is 53.9 Å². The number of ether oxygens (including phenoxy) is 1. The molecule has 0 aliphatic heterocycles. The summed E-state index contributed by atoms with van der Waals surface area (Å²) in [6.07, 6.45) is 14.3. The average molecular weight is 445 g/mol. The highest BCUT2D eigenvalue weighted by Gasteiger charge is 2.30. The van der Waals surface area contributed by atoms with Crippen LogP contribution in [0.15, 0.2) is 48.3 Å². The summed E-state index contributed by atoms with van der Waals surface area (Å²) in [6, 6.07) is 4.49. The lowest BCUT2D eigenvalue weighted by Crippen LogP contribution is -2.52. The molecule has 184 valence electrons. The Labute approximate surface area is 201 Å². The van der Waals surface area contributed by atoms with Crippen molar-refractivity contribution >= 4 is 0 Å². The predicted molar refractivity (Wildman–Crippen MR) is 142 cm³/mol. The van der Waals surface area contributed by atoms with Gasteiger partial charge in [0.1, 0.15) is 0 Å². The number of aromatic nitrogens is 1. The van der Waals surface area contributed by atoms with Gasteiger partial charge in [0.15, 0.2) is 17.9 Å². The molecule has 1 aromatic heterocycles. The second-order valence-electron chi connectivity index (χ2n) is 11.8. The summed E-state index contributed by atoms with van der Waals surface area (Å²) in [4.78, 5) is 0. The minimum atomic E-state index is -0.235. The standard InChI is InChI=1S/C28H48NO.C2H6/c1-12-23(15-13-14-18-25(2,3)4)28(10,11)30-22-19-27(8,9)29-20-16-24(17-21-29)26(5,6)7;1-2/h12,14,16-18,20-21H,13,15,19,22H2,1-11H3;1-2H3/q+1;/b18-14+,23-12+;. The van der Waals surface area contributed by atoms with Crippen molar-refractivity contribution < 1.29 is 9.30 Å². The van der Waals surface area contributed by atoms with E-state index in [-0.39, 0.29) is 22.0 Å². The molecule has 0 saturated carbocycles.